The molecule has 3 rings (SSSR count). The maximum absolute atomic E-state index is 4.51. The molecule has 5 nitrogen and oxygen atoms in total. The minimum absolute atomic E-state index is 0.758. The molecule has 3 aromatic heterocycles. The van der Waals surface area contributed by atoms with Gasteiger partial charge in [-0.05, 0) is 33.6 Å². The Hall–Kier alpha value is -1.95. The number of aromatic nitrogens is 4. The van der Waals surface area contributed by atoms with Gasteiger partial charge in [-0.2, -0.15) is 0 Å². The monoisotopic (exact) mass is 317 g/mol. The molecule has 0 aliphatic heterocycles. The summed E-state index contributed by atoms with van der Waals surface area (Å²) in [5, 5.41) is 0. The van der Waals surface area contributed by atoms with Gasteiger partial charge in [0, 0.05) is 44.6 Å². The van der Waals surface area contributed by atoms with Crippen molar-refractivity contribution in [2.45, 2.75) is 6.54 Å². The minimum Gasteiger partial charge on any atom is -0.352 e. The van der Waals surface area contributed by atoms with Crippen LogP contribution < -0.4 is 4.90 Å². The topological polar surface area (TPSA) is 46.3 Å². The number of hydrogen-bond acceptors (Lipinski definition) is 4. The number of pyridine rings is 1. The number of halogens is 1. The Balaban J connectivity index is 1.97. The molecule has 0 atom stereocenters. The van der Waals surface area contributed by atoms with Gasteiger partial charge in [-0.1, -0.05) is 0 Å². The fourth-order valence-electron chi connectivity index (χ4n) is 1.98. The summed E-state index contributed by atoms with van der Waals surface area (Å²) in [4.78, 5) is 15.0. The van der Waals surface area contributed by atoms with Crippen LogP contribution in [0.5, 0.6) is 0 Å². The summed E-state index contributed by atoms with van der Waals surface area (Å²) in [5.41, 5.74) is 2.03. The highest BCUT2D eigenvalue weighted by Gasteiger charge is 2.11. The molecule has 96 valence electrons. The largest absolute Gasteiger partial charge is 0.352 e. The maximum Gasteiger partial charge on any atom is 0.180 e. The van der Waals surface area contributed by atoms with Gasteiger partial charge in [0.15, 0.2) is 11.5 Å². The molecule has 0 fully saturated rings. The van der Waals surface area contributed by atoms with Crippen molar-refractivity contribution in [1.29, 1.82) is 0 Å². The second-order valence-corrected chi connectivity index (χ2v) is 5.07. The van der Waals surface area contributed by atoms with Crippen molar-refractivity contribution in [3.8, 4) is 0 Å². The Bertz CT molecular complexity index is 695. The molecule has 0 N–H and O–H groups in total. The first-order chi connectivity index (χ1) is 9.24. The second-order valence-electron chi connectivity index (χ2n) is 4.26. The third kappa shape index (κ3) is 2.44. The number of rotatable bonds is 3. The van der Waals surface area contributed by atoms with Crippen molar-refractivity contribution < 1.29 is 0 Å². The Morgan fingerprint density at radius 1 is 1.26 bits per heavy atom. The molecule has 0 aliphatic carbocycles. The third-order valence-corrected chi connectivity index (χ3v) is 3.24. The van der Waals surface area contributed by atoms with Crippen molar-refractivity contribution in [1.82, 2.24) is 19.4 Å². The van der Waals surface area contributed by atoms with E-state index in [0.717, 1.165) is 22.6 Å². The van der Waals surface area contributed by atoms with E-state index in [4.69, 9.17) is 0 Å². The summed E-state index contributed by atoms with van der Waals surface area (Å²) in [6.45, 7) is 0.758. The molecular formula is C13H12BrN5. The molecule has 0 saturated carbocycles. The first-order valence-corrected chi connectivity index (χ1v) is 6.62. The Kier molecular flexibility index (Phi) is 3.16. The van der Waals surface area contributed by atoms with Crippen molar-refractivity contribution >= 4 is 27.4 Å². The van der Waals surface area contributed by atoms with Gasteiger partial charge in [0.2, 0.25) is 0 Å². The van der Waals surface area contributed by atoms with Crippen LogP contribution in [0.3, 0.4) is 0 Å². The van der Waals surface area contributed by atoms with Crippen LogP contribution in [0.25, 0.3) is 5.65 Å². The highest BCUT2D eigenvalue weighted by atomic mass is 79.9. The number of imidazole rings is 1. The number of nitrogens with zero attached hydrogens (tertiary/aromatic N) is 5. The zero-order chi connectivity index (χ0) is 13.2. The highest BCUT2D eigenvalue weighted by Crippen LogP contribution is 2.21. The third-order valence-electron chi connectivity index (χ3n) is 2.86. The standard InChI is InChI=1S/C13H12BrN5/c1-18(8-10-2-4-15-5-3-10)13-12-16-6-7-19(12)9-11(14)17-13/h2-7,9H,8H2,1H3. The molecule has 0 bridgehead atoms. The first-order valence-electron chi connectivity index (χ1n) is 5.83. The van der Waals surface area contributed by atoms with Gasteiger partial charge in [-0.25, -0.2) is 9.97 Å². The van der Waals surface area contributed by atoms with Crippen molar-refractivity contribution in [3.63, 3.8) is 0 Å². The predicted molar refractivity (Wildman–Crippen MR) is 77.0 cm³/mol. The summed E-state index contributed by atoms with van der Waals surface area (Å²) < 4.78 is 2.74. The normalized spacial score (nSPS) is 10.8. The van der Waals surface area contributed by atoms with Crippen LogP contribution in [-0.4, -0.2) is 26.4 Å². The average molecular weight is 318 g/mol. The van der Waals surface area contributed by atoms with E-state index in [1.807, 2.05) is 36.0 Å². The van der Waals surface area contributed by atoms with Crippen LogP contribution in [0.2, 0.25) is 0 Å². The maximum atomic E-state index is 4.51. The van der Waals surface area contributed by atoms with Crippen molar-refractivity contribution in [3.05, 3.63) is 53.3 Å². The molecular weight excluding hydrogens is 306 g/mol. The van der Waals surface area contributed by atoms with Crippen LogP contribution in [0.1, 0.15) is 5.56 Å². The van der Waals surface area contributed by atoms with E-state index in [1.54, 1.807) is 18.6 Å². The van der Waals surface area contributed by atoms with E-state index < -0.39 is 0 Å². The lowest BCUT2D eigenvalue weighted by Gasteiger charge is -2.18. The van der Waals surface area contributed by atoms with E-state index in [1.165, 1.54) is 5.56 Å². The fourth-order valence-corrected chi connectivity index (χ4v) is 2.37. The van der Waals surface area contributed by atoms with Crippen LogP contribution in [0.15, 0.2) is 47.7 Å². The van der Waals surface area contributed by atoms with Gasteiger partial charge in [0.05, 0.1) is 0 Å². The van der Waals surface area contributed by atoms with E-state index in [-0.39, 0.29) is 0 Å². The minimum atomic E-state index is 0.758. The Morgan fingerprint density at radius 3 is 2.84 bits per heavy atom. The highest BCUT2D eigenvalue weighted by molar-refractivity contribution is 9.10. The van der Waals surface area contributed by atoms with E-state index in [9.17, 15) is 0 Å². The molecule has 0 spiro atoms. The molecule has 0 amide bonds. The number of fused-ring (bicyclic) bond motifs is 1. The second kappa shape index (κ2) is 4.97. The quantitative estimate of drug-likeness (QED) is 0.744. The molecule has 0 unspecified atom stereocenters. The number of hydrogen-bond donors (Lipinski definition) is 0. The molecule has 0 aliphatic rings. The van der Waals surface area contributed by atoms with Crippen LogP contribution in [0, 0.1) is 0 Å². The SMILES string of the molecule is CN(Cc1ccncc1)c1nc(Br)cn2ccnc12. The molecule has 0 saturated heterocycles. The molecule has 0 radical (unpaired) electrons. The van der Waals surface area contributed by atoms with Gasteiger partial charge in [-0.3, -0.25) is 4.98 Å². The summed E-state index contributed by atoms with van der Waals surface area (Å²) in [7, 11) is 2.00. The van der Waals surface area contributed by atoms with Gasteiger partial charge in [-0.15, -0.1) is 0 Å². The van der Waals surface area contributed by atoms with Crippen molar-refractivity contribution in [2.24, 2.45) is 0 Å². The fraction of sp³-hybridized carbons (Fsp3) is 0.154. The summed E-state index contributed by atoms with van der Waals surface area (Å²) in [6, 6.07) is 3.99. The molecule has 19 heavy (non-hydrogen) atoms. The van der Waals surface area contributed by atoms with Gasteiger partial charge >= 0.3 is 0 Å². The summed E-state index contributed by atoms with van der Waals surface area (Å²) in [5.74, 6) is 0.844. The number of anilines is 1. The molecule has 0 aromatic carbocycles. The summed E-state index contributed by atoms with van der Waals surface area (Å²) in [6.07, 6.45) is 9.16. The lowest BCUT2D eigenvalue weighted by molar-refractivity contribution is 0.885. The van der Waals surface area contributed by atoms with Crippen LogP contribution in [-0.2, 0) is 6.54 Å². The lowest BCUT2D eigenvalue weighted by Crippen LogP contribution is -2.19. The van der Waals surface area contributed by atoms with Crippen molar-refractivity contribution in [2.75, 3.05) is 11.9 Å². The van der Waals surface area contributed by atoms with Gasteiger partial charge in [0.1, 0.15) is 4.60 Å². The zero-order valence-corrected chi connectivity index (χ0v) is 11.9. The first kappa shape index (κ1) is 12.1. The summed E-state index contributed by atoms with van der Waals surface area (Å²) >= 11 is 3.43. The van der Waals surface area contributed by atoms with E-state index in [2.05, 4.69) is 35.8 Å². The average Bonchev–Trinajstić information content (AvgIpc) is 2.86. The van der Waals surface area contributed by atoms with E-state index in [0.29, 0.717) is 0 Å². The Labute approximate surface area is 119 Å². The smallest absolute Gasteiger partial charge is 0.180 e. The molecule has 6 heteroatoms. The molecule has 3 aromatic rings. The van der Waals surface area contributed by atoms with Crippen LogP contribution >= 0.6 is 15.9 Å². The Morgan fingerprint density at radius 2 is 2.05 bits per heavy atom. The van der Waals surface area contributed by atoms with E-state index >= 15 is 0 Å². The van der Waals surface area contributed by atoms with Crippen LogP contribution in [0.4, 0.5) is 5.82 Å². The lowest BCUT2D eigenvalue weighted by atomic mass is 10.2. The van der Waals surface area contributed by atoms with Gasteiger partial charge in [0.25, 0.3) is 0 Å². The molecule has 3 heterocycles. The van der Waals surface area contributed by atoms with Gasteiger partial charge < -0.3 is 9.30 Å². The predicted octanol–water partition coefficient (Wildman–Crippen LogP) is 2.52. The zero-order valence-electron chi connectivity index (χ0n) is 10.4.